The molecule has 0 bridgehead atoms. The molecule has 0 saturated carbocycles. The highest BCUT2D eigenvalue weighted by Gasteiger charge is 2.21. The van der Waals surface area contributed by atoms with Crippen LogP contribution in [0.25, 0.3) is 0 Å². The molecule has 0 aliphatic rings. The van der Waals surface area contributed by atoms with Gasteiger partial charge < -0.3 is 19.1 Å². The quantitative estimate of drug-likeness (QED) is 0.571. The summed E-state index contributed by atoms with van der Waals surface area (Å²) in [6.07, 6.45) is -0.723. The first-order valence-corrected chi connectivity index (χ1v) is 9.30. The minimum atomic E-state index is -2.97. The van der Waals surface area contributed by atoms with Gasteiger partial charge in [0.25, 0.3) is 5.91 Å². The molecule has 0 N–H and O–H groups in total. The third-order valence-corrected chi connectivity index (χ3v) is 4.60. The van der Waals surface area contributed by atoms with Crippen LogP contribution in [0.15, 0.2) is 40.9 Å². The standard InChI is InChI=1S/C20H22BrF2NO4/c1-12-5-7-16(15(21)9-12)27-13(2)19(25)24(3)11-14-6-8-17(26-4)18(10-14)28-20(22)23/h5-10,13,20H,11H2,1-4H3. The Balaban J connectivity index is 2.06. The number of ether oxygens (including phenoxy) is 3. The van der Waals surface area contributed by atoms with Crippen molar-refractivity contribution in [3.63, 3.8) is 0 Å². The summed E-state index contributed by atoms with van der Waals surface area (Å²) >= 11 is 3.42. The third kappa shape index (κ3) is 5.82. The zero-order chi connectivity index (χ0) is 20.8. The Morgan fingerprint density at radius 3 is 2.39 bits per heavy atom. The number of nitrogens with zero attached hydrogens (tertiary/aromatic N) is 1. The number of likely N-dealkylation sites (N-methyl/N-ethyl adjacent to an activating group) is 1. The molecule has 1 unspecified atom stereocenters. The van der Waals surface area contributed by atoms with Gasteiger partial charge in [0.1, 0.15) is 5.75 Å². The molecule has 0 radical (unpaired) electrons. The number of alkyl halides is 2. The van der Waals surface area contributed by atoms with Gasteiger partial charge in [-0.1, -0.05) is 12.1 Å². The molecular formula is C20H22BrF2NO4. The minimum absolute atomic E-state index is 0.0799. The molecule has 8 heteroatoms. The zero-order valence-electron chi connectivity index (χ0n) is 16.0. The molecule has 2 aromatic carbocycles. The number of carbonyl (C=O) groups excluding carboxylic acids is 1. The zero-order valence-corrected chi connectivity index (χ0v) is 17.6. The first-order chi connectivity index (χ1) is 13.2. The Bertz CT molecular complexity index is 832. The molecule has 1 atom stereocenters. The lowest BCUT2D eigenvalue weighted by atomic mass is 10.2. The molecular weight excluding hydrogens is 436 g/mol. The summed E-state index contributed by atoms with van der Waals surface area (Å²) in [7, 11) is 2.98. The molecule has 0 aliphatic heterocycles. The lowest BCUT2D eigenvalue weighted by Crippen LogP contribution is -2.37. The van der Waals surface area contributed by atoms with Crippen molar-refractivity contribution >= 4 is 21.8 Å². The summed E-state index contributed by atoms with van der Waals surface area (Å²) in [6, 6.07) is 10.2. The van der Waals surface area contributed by atoms with Crippen molar-refractivity contribution in [3.05, 3.63) is 52.0 Å². The fourth-order valence-electron chi connectivity index (χ4n) is 2.61. The van der Waals surface area contributed by atoms with Crippen LogP contribution >= 0.6 is 15.9 Å². The van der Waals surface area contributed by atoms with Gasteiger partial charge in [-0.15, -0.1) is 0 Å². The van der Waals surface area contributed by atoms with E-state index in [9.17, 15) is 13.6 Å². The monoisotopic (exact) mass is 457 g/mol. The molecule has 0 aliphatic carbocycles. The summed E-state index contributed by atoms with van der Waals surface area (Å²) in [5.41, 5.74) is 1.69. The van der Waals surface area contributed by atoms with Gasteiger partial charge in [-0.25, -0.2) is 0 Å². The third-order valence-electron chi connectivity index (χ3n) is 3.98. The van der Waals surface area contributed by atoms with E-state index in [0.29, 0.717) is 11.3 Å². The van der Waals surface area contributed by atoms with Gasteiger partial charge in [0.2, 0.25) is 0 Å². The highest BCUT2D eigenvalue weighted by atomic mass is 79.9. The Kier molecular flexibility index (Phi) is 7.62. The van der Waals surface area contributed by atoms with E-state index in [1.807, 2.05) is 19.1 Å². The van der Waals surface area contributed by atoms with Gasteiger partial charge in [0.15, 0.2) is 17.6 Å². The second kappa shape index (κ2) is 9.73. The van der Waals surface area contributed by atoms with E-state index in [-0.39, 0.29) is 24.0 Å². The first-order valence-electron chi connectivity index (χ1n) is 8.50. The Hall–Kier alpha value is -2.35. The molecule has 5 nitrogen and oxygen atoms in total. The molecule has 1 amide bonds. The normalized spacial score (nSPS) is 11.9. The van der Waals surface area contributed by atoms with E-state index < -0.39 is 12.7 Å². The molecule has 152 valence electrons. The number of hydrogen-bond acceptors (Lipinski definition) is 4. The molecule has 0 spiro atoms. The van der Waals surface area contributed by atoms with Gasteiger partial charge in [-0.2, -0.15) is 8.78 Å². The molecule has 0 aromatic heterocycles. The number of hydrogen-bond donors (Lipinski definition) is 0. The van der Waals surface area contributed by atoms with Crippen LogP contribution in [0.3, 0.4) is 0 Å². The smallest absolute Gasteiger partial charge is 0.387 e. The predicted molar refractivity (Wildman–Crippen MR) is 105 cm³/mol. The van der Waals surface area contributed by atoms with E-state index in [0.717, 1.165) is 10.0 Å². The van der Waals surface area contributed by atoms with Gasteiger partial charge in [0.05, 0.1) is 11.6 Å². The van der Waals surface area contributed by atoms with Crippen LogP contribution in [-0.2, 0) is 11.3 Å². The van der Waals surface area contributed by atoms with Gasteiger partial charge in [-0.05, 0) is 65.2 Å². The van der Waals surface area contributed by atoms with E-state index in [2.05, 4.69) is 20.7 Å². The molecule has 0 saturated heterocycles. The van der Waals surface area contributed by atoms with E-state index in [1.165, 1.54) is 24.1 Å². The topological polar surface area (TPSA) is 48.0 Å². The van der Waals surface area contributed by atoms with Crippen LogP contribution in [-0.4, -0.2) is 37.7 Å². The van der Waals surface area contributed by atoms with Crippen LogP contribution in [0.2, 0.25) is 0 Å². The van der Waals surface area contributed by atoms with Crippen molar-refractivity contribution in [1.29, 1.82) is 0 Å². The number of methoxy groups -OCH3 is 1. The fraction of sp³-hybridized carbons (Fsp3) is 0.350. The van der Waals surface area contributed by atoms with Crippen LogP contribution in [0.1, 0.15) is 18.1 Å². The summed E-state index contributed by atoms with van der Waals surface area (Å²) in [5.74, 6) is 0.430. The molecule has 0 fully saturated rings. The van der Waals surface area contributed by atoms with E-state index >= 15 is 0 Å². The Morgan fingerprint density at radius 2 is 1.79 bits per heavy atom. The van der Waals surface area contributed by atoms with Crippen molar-refractivity contribution in [2.75, 3.05) is 14.2 Å². The average molecular weight is 458 g/mol. The number of rotatable bonds is 8. The summed E-state index contributed by atoms with van der Waals surface area (Å²) in [4.78, 5) is 14.1. The highest BCUT2D eigenvalue weighted by Crippen LogP contribution is 2.30. The lowest BCUT2D eigenvalue weighted by Gasteiger charge is -2.23. The lowest BCUT2D eigenvalue weighted by molar-refractivity contribution is -0.137. The van der Waals surface area contributed by atoms with Gasteiger partial charge in [-0.3, -0.25) is 4.79 Å². The molecule has 28 heavy (non-hydrogen) atoms. The number of carbonyl (C=O) groups is 1. The number of benzene rings is 2. The molecule has 2 rings (SSSR count). The van der Waals surface area contributed by atoms with Crippen molar-refractivity contribution in [3.8, 4) is 17.2 Å². The molecule has 0 heterocycles. The van der Waals surface area contributed by atoms with Crippen LogP contribution in [0.5, 0.6) is 17.2 Å². The summed E-state index contributed by atoms with van der Waals surface area (Å²) in [5, 5.41) is 0. The molecule has 2 aromatic rings. The average Bonchev–Trinajstić information content (AvgIpc) is 2.63. The number of aryl methyl sites for hydroxylation is 1. The van der Waals surface area contributed by atoms with Crippen molar-refractivity contribution in [2.45, 2.75) is 33.1 Å². The van der Waals surface area contributed by atoms with E-state index in [1.54, 1.807) is 26.1 Å². The van der Waals surface area contributed by atoms with Crippen molar-refractivity contribution in [2.24, 2.45) is 0 Å². The second-order valence-electron chi connectivity index (χ2n) is 6.25. The minimum Gasteiger partial charge on any atom is -0.493 e. The summed E-state index contributed by atoms with van der Waals surface area (Å²) in [6.45, 7) is 0.845. The van der Waals surface area contributed by atoms with Crippen LogP contribution < -0.4 is 14.2 Å². The maximum atomic E-state index is 12.6. The summed E-state index contributed by atoms with van der Waals surface area (Å²) < 4.78 is 41.1. The Morgan fingerprint density at radius 1 is 1.11 bits per heavy atom. The predicted octanol–water partition coefficient (Wildman–Crippen LogP) is 4.79. The first kappa shape index (κ1) is 21.9. The van der Waals surface area contributed by atoms with Crippen LogP contribution in [0, 0.1) is 6.92 Å². The fourth-order valence-corrected chi connectivity index (χ4v) is 3.20. The van der Waals surface area contributed by atoms with E-state index in [4.69, 9.17) is 9.47 Å². The van der Waals surface area contributed by atoms with Gasteiger partial charge in [0, 0.05) is 13.6 Å². The number of amides is 1. The Labute approximate surface area is 171 Å². The number of halogens is 3. The maximum absolute atomic E-state index is 12.6. The van der Waals surface area contributed by atoms with Crippen molar-refractivity contribution in [1.82, 2.24) is 4.90 Å². The highest BCUT2D eigenvalue weighted by molar-refractivity contribution is 9.10. The maximum Gasteiger partial charge on any atom is 0.387 e. The largest absolute Gasteiger partial charge is 0.493 e. The van der Waals surface area contributed by atoms with Crippen LogP contribution in [0.4, 0.5) is 8.78 Å². The SMILES string of the molecule is COc1ccc(CN(C)C(=O)C(C)Oc2ccc(C)cc2Br)cc1OC(F)F. The second-order valence-corrected chi connectivity index (χ2v) is 7.11. The van der Waals surface area contributed by atoms with Crippen molar-refractivity contribution < 1.29 is 27.8 Å². The van der Waals surface area contributed by atoms with Gasteiger partial charge >= 0.3 is 6.61 Å².